The van der Waals surface area contributed by atoms with E-state index in [1.165, 1.54) is 0 Å². The van der Waals surface area contributed by atoms with Crippen molar-refractivity contribution in [1.82, 2.24) is 0 Å². The van der Waals surface area contributed by atoms with Crippen molar-refractivity contribution in [3.63, 3.8) is 0 Å². The van der Waals surface area contributed by atoms with Gasteiger partial charge < -0.3 is 5.21 Å². The summed E-state index contributed by atoms with van der Waals surface area (Å²) in [5.41, 5.74) is 0.539. The van der Waals surface area contributed by atoms with Gasteiger partial charge in [0.2, 0.25) is 5.75 Å². The van der Waals surface area contributed by atoms with Crippen molar-refractivity contribution < 1.29 is 10.0 Å². The summed E-state index contributed by atoms with van der Waals surface area (Å²) in [6, 6.07) is 0. The number of halogens is 2. The van der Waals surface area contributed by atoms with E-state index in [2.05, 4.69) is 16.8 Å². The monoisotopic (exact) mass is 171 g/mol. The summed E-state index contributed by atoms with van der Waals surface area (Å²) in [6.45, 7) is 1.65. The van der Waals surface area contributed by atoms with E-state index in [1.54, 1.807) is 6.92 Å². The van der Waals surface area contributed by atoms with Crippen molar-refractivity contribution in [2.24, 2.45) is 5.16 Å². The summed E-state index contributed by atoms with van der Waals surface area (Å²) in [5, 5.41) is 10.6. The predicted octanol–water partition coefficient (Wildman–Crippen LogP) is 1.49. The third-order valence-corrected chi connectivity index (χ3v) is 0.751. The van der Waals surface area contributed by atoms with Gasteiger partial charge in [-0.1, -0.05) is 5.16 Å². The van der Waals surface area contributed by atoms with E-state index < -0.39 is 0 Å². The third kappa shape index (κ3) is 18.3. The summed E-state index contributed by atoms with van der Waals surface area (Å²) in [6.07, 6.45) is 0. The number of hydrogen-bond donors (Lipinski definition) is 1. The fourth-order valence-corrected chi connectivity index (χ4v) is 0.0802. The smallest absolute Gasteiger partial charge is 0.208 e. The Morgan fingerprint density at radius 2 is 2.22 bits per heavy atom. The molecule has 5 heteroatoms. The highest BCUT2D eigenvalue weighted by Gasteiger charge is 1.80. The number of nitrogens with zero attached hydrogens (tertiary/aromatic N) is 1. The minimum Gasteiger partial charge on any atom is -0.411 e. The first-order valence-electron chi connectivity index (χ1n) is 2.00. The topological polar surface area (TPSA) is 49.7 Å². The predicted molar refractivity (Wildman–Crippen MR) is 38.2 cm³/mol. The molecule has 3 nitrogen and oxygen atoms in total. The van der Waals surface area contributed by atoms with Gasteiger partial charge >= 0.3 is 0 Å². The van der Waals surface area contributed by atoms with Gasteiger partial charge in [-0.2, -0.15) is 0 Å². The number of carbonyl (C=O) groups excluding carboxylic acids is 1. The van der Waals surface area contributed by atoms with E-state index in [4.69, 9.17) is 21.6 Å². The van der Waals surface area contributed by atoms with Crippen LogP contribution in [0, 0.1) is 0 Å². The lowest BCUT2D eigenvalue weighted by molar-refractivity contribution is 0.318. The average Bonchev–Trinajstić information content (AvgIpc) is 1.88. The van der Waals surface area contributed by atoms with Gasteiger partial charge in [0, 0.05) is 0 Å². The lowest BCUT2D eigenvalue weighted by Gasteiger charge is -1.80. The number of rotatable bonds is 1. The molecule has 0 spiro atoms. The van der Waals surface area contributed by atoms with E-state index >= 15 is 0 Å². The first-order chi connectivity index (χ1) is 4.22. The highest BCUT2D eigenvalue weighted by molar-refractivity contribution is 6.54. The molecule has 0 aromatic rings. The number of carbonyl (C=O) groups is 1. The molecule has 0 radical (unpaired) electrons. The van der Waals surface area contributed by atoms with Crippen LogP contribution in [0.3, 0.4) is 0 Å². The molecule has 0 saturated heterocycles. The van der Waals surface area contributed by atoms with Crippen LogP contribution >= 0.6 is 23.2 Å². The zero-order valence-electron chi connectivity index (χ0n) is 4.84. The summed E-state index contributed by atoms with van der Waals surface area (Å²) in [5.74, 6) is 0.524. The molecule has 0 aromatic carbocycles. The number of hydrogen-bond acceptors (Lipinski definition) is 3. The van der Waals surface area contributed by atoms with E-state index in [0.29, 0.717) is 11.6 Å². The van der Waals surface area contributed by atoms with E-state index in [9.17, 15) is 0 Å². The molecular formula is C4H7Cl2NO2. The maximum atomic E-state index is 8.57. The summed E-state index contributed by atoms with van der Waals surface area (Å²) in [4.78, 5) is 8.57. The fraction of sp³-hybridized carbons (Fsp3) is 0.500. The van der Waals surface area contributed by atoms with Crippen LogP contribution in [0.25, 0.3) is 0 Å². The van der Waals surface area contributed by atoms with Gasteiger partial charge in [-0.3, -0.25) is 4.79 Å². The van der Waals surface area contributed by atoms with Gasteiger partial charge in [-0.25, -0.2) is 0 Å². The molecule has 0 aliphatic heterocycles. The largest absolute Gasteiger partial charge is 0.411 e. The molecular weight excluding hydrogens is 165 g/mol. The van der Waals surface area contributed by atoms with Gasteiger partial charge in [0.25, 0.3) is 0 Å². The minimum absolute atomic E-state index is 0.222. The van der Waals surface area contributed by atoms with Crippen molar-refractivity contribution in [2.75, 3.05) is 5.88 Å². The Labute approximate surface area is 63.3 Å². The van der Waals surface area contributed by atoms with Crippen molar-refractivity contribution in [3.05, 3.63) is 0 Å². The SMILES string of the molecule is CC(CCl)=NO.O=CCl. The zero-order chi connectivity index (χ0) is 7.70. The third-order valence-electron chi connectivity index (χ3n) is 0.364. The number of alkyl halides is 1. The van der Waals surface area contributed by atoms with Gasteiger partial charge in [0.15, 0.2) is 0 Å². The van der Waals surface area contributed by atoms with Crippen LogP contribution in [0.1, 0.15) is 6.92 Å². The highest BCUT2D eigenvalue weighted by atomic mass is 35.5. The molecule has 54 valence electrons. The van der Waals surface area contributed by atoms with Gasteiger partial charge in [-0.05, 0) is 18.5 Å². The molecule has 0 fully saturated rings. The fourth-order valence-electron chi connectivity index (χ4n) is 0.0267. The number of oxime groups is 1. The second kappa shape index (κ2) is 10.7. The molecule has 0 heterocycles. The molecule has 0 unspecified atom stereocenters. The van der Waals surface area contributed by atoms with Crippen LogP contribution in [0.2, 0.25) is 0 Å². The van der Waals surface area contributed by atoms with Crippen LogP contribution in [-0.2, 0) is 4.79 Å². The first kappa shape index (κ1) is 11.5. The second-order valence-corrected chi connectivity index (χ2v) is 1.50. The van der Waals surface area contributed by atoms with Crippen LogP contribution in [0.15, 0.2) is 5.16 Å². The summed E-state index contributed by atoms with van der Waals surface area (Å²) < 4.78 is 0. The van der Waals surface area contributed by atoms with Gasteiger partial charge in [-0.15, -0.1) is 11.6 Å². The molecule has 0 bridgehead atoms. The Hall–Kier alpha value is -0.280. The highest BCUT2D eigenvalue weighted by Crippen LogP contribution is 1.77. The van der Waals surface area contributed by atoms with Crippen LogP contribution < -0.4 is 0 Å². The Morgan fingerprint density at radius 1 is 1.89 bits per heavy atom. The van der Waals surface area contributed by atoms with Crippen molar-refractivity contribution in [3.8, 4) is 0 Å². The maximum absolute atomic E-state index is 8.57. The Morgan fingerprint density at radius 3 is 2.22 bits per heavy atom. The molecule has 0 aliphatic carbocycles. The van der Waals surface area contributed by atoms with Crippen LogP contribution in [0.4, 0.5) is 0 Å². The average molecular weight is 172 g/mol. The lowest BCUT2D eigenvalue weighted by Crippen LogP contribution is -1.89. The molecule has 0 aliphatic rings. The molecule has 0 rings (SSSR count). The van der Waals surface area contributed by atoms with E-state index in [-0.39, 0.29) is 5.75 Å². The Kier molecular flexibility index (Phi) is 13.6. The maximum Gasteiger partial charge on any atom is 0.208 e. The summed E-state index contributed by atoms with van der Waals surface area (Å²) >= 11 is 9.48. The van der Waals surface area contributed by atoms with E-state index in [0.717, 1.165) is 0 Å². The molecule has 0 saturated carbocycles. The summed E-state index contributed by atoms with van der Waals surface area (Å²) in [7, 11) is 0. The molecule has 0 atom stereocenters. The second-order valence-electron chi connectivity index (χ2n) is 1.06. The quantitative estimate of drug-likeness (QED) is 0.163. The van der Waals surface area contributed by atoms with E-state index in [1.807, 2.05) is 0 Å². The molecule has 0 aromatic heterocycles. The Bertz CT molecular complexity index is 94.6. The van der Waals surface area contributed by atoms with Crippen LogP contribution in [0.5, 0.6) is 0 Å². The van der Waals surface area contributed by atoms with Crippen molar-refractivity contribution >= 4 is 34.7 Å². The Balaban J connectivity index is 0. The lowest BCUT2D eigenvalue weighted by atomic mass is 10.5. The zero-order valence-corrected chi connectivity index (χ0v) is 6.35. The first-order valence-corrected chi connectivity index (χ1v) is 2.97. The normalized spacial score (nSPS) is 9.44. The van der Waals surface area contributed by atoms with Crippen molar-refractivity contribution in [2.45, 2.75) is 6.92 Å². The minimum atomic E-state index is 0.222. The van der Waals surface area contributed by atoms with Crippen LogP contribution in [-0.4, -0.2) is 22.5 Å². The van der Waals surface area contributed by atoms with Gasteiger partial charge in [0.1, 0.15) is 0 Å². The molecule has 1 N–H and O–H groups in total. The van der Waals surface area contributed by atoms with Crippen molar-refractivity contribution in [1.29, 1.82) is 0 Å². The molecule has 9 heavy (non-hydrogen) atoms. The molecule has 0 amide bonds. The standard InChI is InChI=1S/C3H6ClNO.CHClO/c1-3(2-4)5-6;2-1-3/h6H,2H2,1H3;1H. The van der Waals surface area contributed by atoms with Gasteiger partial charge in [0.05, 0.1) is 11.6 Å².